The van der Waals surface area contributed by atoms with Crippen molar-refractivity contribution in [3.8, 4) is 0 Å². The molecule has 0 aliphatic carbocycles. The van der Waals surface area contributed by atoms with Gasteiger partial charge in [-0.25, -0.2) is 0 Å². The fourth-order valence-corrected chi connectivity index (χ4v) is 3.13. The van der Waals surface area contributed by atoms with Gasteiger partial charge in [0.25, 0.3) is 5.91 Å². The van der Waals surface area contributed by atoms with E-state index in [0.29, 0.717) is 25.4 Å². The van der Waals surface area contributed by atoms with Crippen LogP contribution in [0.5, 0.6) is 0 Å². The van der Waals surface area contributed by atoms with E-state index >= 15 is 0 Å². The number of nitrogens with zero attached hydrogens (tertiary/aromatic N) is 1. The van der Waals surface area contributed by atoms with Gasteiger partial charge in [-0.05, 0) is 25.3 Å². The van der Waals surface area contributed by atoms with Crippen LogP contribution in [-0.4, -0.2) is 36.6 Å². The Bertz CT molecular complexity index is 667. The molecule has 1 fully saturated rings. The minimum Gasteiger partial charge on any atom is -0.455 e. The first-order valence-electron chi connectivity index (χ1n) is 7.54. The van der Waals surface area contributed by atoms with Gasteiger partial charge < -0.3 is 19.0 Å². The van der Waals surface area contributed by atoms with Crippen LogP contribution in [0.4, 0.5) is 0 Å². The van der Waals surface area contributed by atoms with Crippen LogP contribution in [-0.2, 0) is 16.9 Å². The van der Waals surface area contributed by atoms with E-state index in [2.05, 4.69) is 10.5 Å². The van der Waals surface area contributed by atoms with Gasteiger partial charge in [0, 0.05) is 18.4 Å². The molecular formula is C16H20N2O4S. The van der Waals surface area contributed by atoms with E-state index in [1.54, 1.807) is 17.8 Å². The average molecular weight is 336 g/mol. The number of nitrogens with one attached hydrogen (secondary N) is 1. The number of thioether (sulfide) groups is 1. The van der Waals surface area contributed by atoms with E-state index in [1.165, 1.54) is 0 Å². The fourth-order valence-electron chi connectivity index (χ4n) is 2.69. The third-order valence-corrected chi connectivity index (χ3v) is 4.40. The summed E-state index contributed by atoms with van der Waals surface area (Å²) in [4.78, 5) is 12.3. The Labute approximate surface area is 138 Å². The minimum atomic E-state index is -0.202. The Morgan fingerprint density at radius 2 is 2.26 bits per heavy atom. The molecule has 0 radical (unpaired) electrons. The zero-order valence-corrected chi connectivity index (χ0v) is 14.0. The Morgan fingerprint density at radius 3 is 3.00 bits per heavy atom. The summed E-state index contributed by atoms with van der Waals surface area (Å²) in [7, 11) is 0. The van der Waals surface area contributed by atoms with E-state index in [4.69, 9.17) is 13.7 Å². The molecule has 0 aromatic carbocycles. The summed E-state index contributed by atoms with van der Waals surface area (Å²) in [6.07, 6.45) is 2.69. The molecular weight excluding hydrogens is 316 g/mol. The van der Waals surface area contributed by atoms with Gasteiger partial charge in [0.2, 0.25) is 0 Å². The number of hydrogen-bond donors (Lipinski definition) is 1. The zero-order chi connectivity index (χ0) is 16.2. The summed E-state index contributed by atoms with van der Waals surface area (Å²) >= 11 is 1.65. The number of rotatable bonds is 6. The Balaban J connectivity index is 1.60. The van der Waals surface area contributed by atoms with Crippen LogP contribution in [0.15, 0.2) is 27.1 Å². The first-order chi connectivity index (χ1) is 11.2. The molecule has 1 amide bonds. The Morgan fingerprint density at radius 1 is 1.39 bits per heavy atom. The molecule has 6 nitrogen and oxygen atoms in total. The Kier molecular flexibility index (Phi) is 5.07. The third kappa shape index (κ3) is 3.97. The molecule has 1 saturated heterocycles. The predicted octanol–water partition coefficient (Wildman–Crippen LogP) is 2.43. The second-order valence-electron chi connectivity index (χ2n) is 5.72. The summed E-state index contributed by atoms with van der Waals surface area (Å²) in [5, 5.41) is 6.89. The van der Waals surface area contributed by atoms with Crippen LogP contribution in [0, 0.1) is 12.8 Å². The largest absolute Gasteiger partial charge is 0.455 e. The number of amides is 1. The maximum atomic E-state index is 12.3. The lowest BCUT2D eigenvalue weighted by molar-refractivity contribution is 0.0895. The topological polar surface area (TPSA) is 77.5 Å². The second-order valence-corrected chi connectivity index (χ2v) is 6.58. The molecule has 3 heterocycles. The van der Waals surface area contributed by atoms with E-state index in [1.807, 2.05) is 25.3 Å². The number of aromatic nitrogens is 1. The van der Waals surface area contributed by atoms with Gasteiger partial charge in [0.1, 0.15) is 11.5 Å². The number of hydrogen-bond acceptors (Lipinski definition) is 6. The number of carbonyl (C=O) groups excluding carboxylic acids is 1. The highest BCUT2D eigenvalue weighted by Gasteiger charge is 2.31. The standard InChI is InChI=1S/C16H20N2O4S/c1-10-5-13(22-18-10)6-11-7-20-8-14(11)17-16(19)15-4-3-12(21-15)9-23-2/h3-5,11,14H,6-9H2,1-2H3,(H,17,19)/t11-,14+/m1/s1. The summed E-state index contributed by atoms with van der Waals surface area (Å²) in [6.45, 7) is 2.99. The van der Waals surface area contributed by atoms with Crippen molar-refractivity contribution in [3.63, 3.8) is 0 Å². The summed E-state index contributed by atoms with van der Waals surface area (Å²) in [5.41, 5.74) is 0.858. The highest BCUT2D eigenvalue weighted by molar-refractivity contribution is 7.97. The molecule has 0 bridgehead atoms. The molecule has 0 spiro atoms. The minimum absolute atomic E-state index is 0.0537. The van der Waals surface area contributed by atoms with Crippen LogP contribution < -0.4 is 5.32 Å². The second kappa shape index (κ2) is 7.23. The fraction of sp³-hybridized carbons (Fsp3) is 0.500. The lowest BCUT2D eigenvalue weighted by Gasteiger charge is -2.17. The quantitative estimate of drug-likeness (QED) is 0.873. The predicted molar refractivity (Wildman–Crippen MR) is 86.4 cm³/mol. The molecule has 7 heteroatoms. The highest BCUT2D eigenvalue weighted by Crippen LogP contribution is 2.21. The maximum Gasteiger partial charge on any atom is 0.287 e. The van der Waals surface area contributed by atoms with Crippen molar-refractivity contribution < 1.29 is 18.5 Å². The lowest BCUT2D eigenvalue weighted by atomic mass is 9.98. The molecule has 0 unspecified atom stereocenters. The number of ether oxygens (including phenoxy) is 1. The number of furan rings is 1. The lowest BCUT2D eigenvalue weighted by Crippen LogP contribution is -2.40. The molecule has 3 rings (SSSR count). The van der Waals surface area contributed by atoms with Gasteiger partial charge in [-0.3, -0.25) is 4.79 Å². The van der Waals surface area contributed by atoms with Gasteiger partial charge in [-0.1, -0.05) is 5.16 Å². The van der Waals surface area contributed by atoms with Gasteiger partial charge in [-0.15, -0.1) is 0 Å². The van der Waals surface area contributed by atoms with Crippen molar-refractivity contribution in [2.75, 3.05) is 19.5 Å². The molecule has 1 N–H and O–H groups in total. The van der Waals surface area contributed by atoms with E-state index < -0.39 is 0 Å². The van der Waals surface area contributed by atoms with E-state index in [-0.39, 0.29) is 17.9 Å². The molecule has 1 aliphatic heterocycles. The number of carbonyl (C=O) groups is 1. The van der Waals surface area contributed by atoms with Gasteiger partial charge >= 0.3 is 0 Å². The normalized spacial score (nSPS) is 20.8. The van der Waals surface area contributed by atoms with Gasteiger partial charge in [-0.2, -0.15) is 11.8 Å². The first-order valence-corrected chi connectivity index (χ1v) is 8.93. The van der Waals surface area contributed by atoms with Crippen molar-refractivity contribution in [2.24, 2.45) is 5.92 Å². The summed E-state index contributed by atoms with van der Waals surface area (Å²) in [6, 6.07) is 5.41. The van der Waals surface area contributed by atoms with Crippen molar-refractivity contribution in [3.05, 3.63) is 41.2 Å². The summed E-state index contributed by atoms with van der Waals surface area (Å²) < 4.78 is 16.3. The van der Waals surface area contributed by atoms with Crippen molar-refractivity contribution in [1.29, 1.82) is 0 Å². The maximum absolute atomic E-state index is 12.3. The van der Waals surface area contributed by atoms with Gasteiger partial charge in [0.05, 0.1) is 30.7 Å². The van der Waals surface area contributed by atoms with Crippen LogP contribution in [0.3, 0.4) is 0 Å². The molecule has 2 aromatic rings. The smallest absolute Gasteiger partial charge is 0.287 e. The zero-order valence-electron chi connectivity index (χ0n) is 13.2. The van der Waals surface area contributed by atoms with Gasteiger partial charge in [0.15, 0.2) is 5.76 Å². The van der Waals surface area contributed by atoms with Crippen LogP contribution >= 0.6 is 11.8 Å². The monoisotopic (exact) mass is 336 g/mol. The van der Waals surface area contributed by atoms with Crippen LogP contribution in [0.2, 0.25) is 0 Å². The van der Waals surface area contributed by atoms with E-state index in [0.717, 1.165) is 23.0 Å². The molecule has 2 aromatic heterocycles. The average Bonchev–Trinajstić information content (AvgIpc) is 3.23. The van der Waals surface area contributed by atoms with Crippen LogP contribution in [0.1, 0.15) is 27.8 Å². The summed E-state index contributed by atoms with van der Waals surface area (Å²) in [5.74, 6) is 2.69. The first kappa shape index (κ1) is 16.1. The SMILES string of the molecule is CSCc1ccc(C(=O)N[C@H]2COC[C@H]2Cc2cc(C)no2)o1. The number of aryl methyl sites for hydroxylation is 1. The highest BCUT2D eigenvalue weighted by atomic mass is 32.2. The van der Waals surface area contributed by atoms with E-state index in [9.17, 15) is 4.79 Å². The van der Waals surface area contributed by atoms with Crippen molar-refractivity contribution in [1.82, 2.24) is 10.5 Å². The molecule has 2 atom stereocenters. The van der Waals surface area contributed by atoms with Crippen molar-refractivity contribution >= 4 is 17.7 Å². The Hall–Kier alpha value is -1.73. The van der Waals surface area contributed by atoms with Crippen molar-refractivity contribution in [2.45, 2.75) is 25.1 Å². The molecule has 0 saturated carbocycles. The molecule has 1 aliphatic rings. The molecule has 23 heavy (non-hydrogen) atoms. The third-order valence-electron chi connectivity index (χ3n) is 3.83. The van der Waals surface area contributed by atoms with Crippen LogP contribution in [0.25, 0.3) is 0 Å². The molecule has 124 valence electrons.